The number of carbonyl (C=O) groups excluding carboxylic acids is 1. The van der Waals surface area contributed by atoms with Crippen LogP contribution in [0, 0.1) is 0 Å². The number of hydrogen-bond acceptors (Lipinski definition) is 3. The largest absolute Gasteiger partial charge is 0.481 e. The highest BCUT2D eigenvalue weighted by Gasteiger charge is 2.16. The van der Waals surface area contributed by atoms with Crippen molar-refractivity contribution in [3.63, 3.8) is 0 Å². The zero-order valence-corrected chi connectivity index (χ0v) is 12.6. The third kappa shape index (κ3) is 4.77. The number of aliphatic carboxylic acids is 1. The van der Waals surface area contributed by atoms with Crippen molar-refractivity contribution in [3.05, 3.63) is 29.8 Å². The minimum absolute atomic E-state index is 0.0625. The first-order valence-corrected chi connectivity index (χ1v) is 7.58. The Balaban J connectivity index is 2.68. The fourth-order valence-corrected chi connectivity index (χ4v) is 2.55. The highest BCUT2D eigenvalue weighted by Crippen LogP contribution is 2.10. The molecular formula is C14H19NO4S. The third-order valence-corrected chi connectivity index (χ3v) is 4.27. The Morgan fingerprint density at radius 2 is 1.80 bits per heavy atom. The van der Waals surface area contributed by atoms with Crippen LogP contribution in [0.3, 0.4) is 0 Å². The Morgan fingerprint density at radius 1 is 1.25 bits per heavy atom. The van der Waals surface area contributed by atoms with E-state index in [0.717, 1.165) is 0 Å². The molecule has 5 nitrogen and oxygen atoms in total. The van der Waals surface area contributed by atoms with Crippen LogP contribution >= 0.6 is 0 Å². The topological polar surface area (TPSA) is 74.7 Å². The minimum Gasteiger partial charge on any atom is -0.481 e. The second kappa shape index (κ2) is 7.19. The molecule has 0 heterocycles. The van der Waals surface area contributed by atoms with Gasteiger partial charge in [0.15, 0.2) is 0 Å². The van der Waals surface area contributed by atoms with Crippen LogP contribution in [0.5, 0.6) is 0 Å². The first-order chi connectivity index (χ1) is 9.31. The van der Waals surface area contributed by atoms with Crippen molar-refractivity contribution in [1.29, 1.82) is 0 Å². The molecule has 110 valence electrons. The van der Waals surface area contributed by atoms with Crippen molar-refractivity contribution in [2.75, 3.05) is 12.8 Å². The molecule has 1 aromatic carbocycles. The van der Waals surface area contributed by atoms with Crippen molar-refractivity contribution < 1.29 is 18.9 Å². The Morgan fingerprint density at radius 3 is 2.25 bits per heavy atom. The van der Waals surface area contributed by atoms with E-state index >= 15 is 0 Å². The van der Waals surface area contributed by atoms with Gasteiger partial charge in [0.1, 0.15) is 5.75 Å². The molecule has 1 unspecified atom stereocenters. The van der Waals surface area contributed by atoms with Crippen LogP contribution in [0.15, 0.2) is 29.2 Å². The normalized spacial score (nSPS) is 12.2. The fourth-order valence-electron chi connectivity index (χ4n) is 1.52. The van der Waals surface area contributed by atoms with Gasteiger partial charge in [-0.25, -0.2) is 0 Å². The monoisotopic (exact) mass is 297 g/mol. The van der Waals surface area contributed by atoms with E-state index in [1.54, 1.807) is 36.2 Å². The quantitative estimate of drug-likeness (QED) is 0.858. The lowest BCUT2D eigenvalue weighted by Crippen LogP contribution is -2.36. The van der Waals surface area contributed by atoms with Gasteiger partial charge >= 0.3 is 5.97 Å². The SMILES string of the molecule is CC(C)N(C)C(=O)CS(=O)c1ccc(CC(=O)O)cc1. The summed E-state index contributed by atoms with van der Waals surface area (Å²) in [6.07, 6.45) is -0.0675. The van der Waals surface area contributed by atoms with Crippen molar-refractivity contribution in [1.82, 2.24) is 4.90 Å². The summed E-state index contributed by atoms with van der Waals surface area (Å²) in [4.78, 5) is 24.5. The van der Waals surface area contributed by atoms with Gasteiger partial charge in [0, 0.05) is 18.0 Å². The van der Waals surface area contributed by atoms with E-state index in [9.17, 15) is 13.8 Å². The maximum Gasteiger partial charge on any atom is 0.307 e. The van der Waals surface area contributed by atoms with Crippen molar-refractivity contribution >= 4 is 22.7 Å². The van der Waals surface area contributed by atoms with Gasteiger partial charge < -0.3 is 10.0 Å². The van der Waals surface area contributed by atoms with Crippen LogP contribution in [0.2, 0.25) is 0 Å². The molecule has 6 heteroatoms. The summed E-state index contributed by atoms with van der Waals surface area (Å²) >= 11 is 0. The molecule has 0 aliphatic rings. The van der Waals surface area contributed by atoms with Gasteiger partial charge in [-0.05, 0) is 31.5 Å². The summed E-state index contributed by atoms with van der Waals surface area (Å²) in [5, 5.41) is 8.67. The molecule has 0 aromatic heterocycles. The second-order valence-corrected chi connectivity index (χ2v) is 6.25. The molecule has 0 aliphatic carbocycles. The van der Waals surface area contributed by atoms with Crippen LogP contribution < -0.4 is 0 Å². The van der Waals surface area contributed by atoms with Crippen molar-refractivity contribution in [2.24, 2.45) is 0 Å². The average molecular weight is 297 g/mol. The van der Waals surface area contributed by atoms with E-state index in [2.05, 4.69) is 0 Å². The Kier molecular flexibility index (Phi) is 5.88. The molecule has 20 heavy (non-hydrogen) atoms. The number of nitrogens with zero attached hydrogens (tertiary/aromatic N) is 1. The smallest absolute Gasteiger partial charge is 0.307 e. The summed E-state index contributed by atoms with van der Waals surface area (Å²) in [5.41, 5.74) is 0.642. The zero-order chi connectivity index (χ0) is 15.3. The van der Waals surface area contributed by atoms with E-state index in [1.165, 1.54) is 0 Å². The number of benzene rings is 1. The number of amides is 1. The number of carbonyl (C=O) groups is 2. The minimum atomic E-state index is -1.41. The molecule has 1 atom stereocenters. The average Bonchev–Trinajstić information content (AvgIpc) is 2.37. The van der Waals surface area contributed by atoms with Crippen LogP contribution in [-0.2, 0) is 26.8 Å². The summed E-state index contributed by atoms with van der Waals surface area (Å²) in [5.74, 6) is -1.15. The lowest BCUT2D eigenvalue weighted by molar-refractivity contribution is -0.136. The molecule has 1 amide bonds. The highest BCUT2D eigenvalue weighted by molar-refractivity contribution is 7.85. The third-order valence-electron chi connectivity index (χ3n) is 2.96. The van der Waals surface area contributed by atoms with Crippen LogP contribution in [0.4, 0.5) is 0 Å². The van der Waals surface area contributed by atoms with Gasteiger partial charge in [0.05, 0.1) is 17.2 Å². The summed E-state index contributed by atoms with van der Waals surface area (Å²) < 4.78 is 12.1. The first-order valence-electron chi connectivity index (χ1n) is 6.26. The lowest BCUT2D eigenvalue weighted by atomic mass is 10.2. The molecular weight excluding hydrogens is 278 g/mol. The molecule has 0 aliphatic heterocycles. The molecule has 1 rings (SSSR count). The van der Waals surface area contributed by atoms with E-state index in [4.69, 9.17) is 5.11 Å². The number of carboxylic acids is 1. The maximum absolute atomic E-state index is 12.1. The molecule has 0 fully saturated rings. The van der Waals surface area contributed by atoms with E-state index in [0.29, 0.717) is 10.5 Å². The summed E-state index contributed by atoms with van der Waals surface area (Å²) in [6.45, 7) is 3.78. The predicted octanol–water partition coefficient (Wildman–Crippen LogP) is 1.29. The van der Waals surface area contributed by atoms with Crippen molar-refractivity contribution in [3.8, 4) is 0 Å². The molecule has 1 aromatic rings. The van der Waals surface area contributed by atoms with Gasteiger partial charge in [-0.2, -0.15) is 0 Å². The van der Waals surface area contributed by atoms with Gasteiger partial charge in [0.25, 0.3) is 0 Å². The standard InChI is InChI=1S/C14H19NO4S/c1-10(2)15(3)13(16)9-20(19)12-6-4-11(5-7-12)8-14(17)18/h4-7,10H,8-9H2,1-3H3,(H,17,18). The molecule has 0 radical (unpaired) electrons. The fraction of sp³-hybridized carbons (Fsp3) is 0.429. The Hall–Kier alpha value is -1.69. The molecule has 0 spiro atoms. The summed E-state index contributed by atoms with van der Waals surface area (Å²) in [6, 6.07) is 6.53. The summed E-state index contributed by atoms with van der Waals surface area (Å²) in [7, 11) is 0.271. The highest BCUT2D eigenvalue weighted by atomic mass is 32.2. The molecule has 0 bridgehead atoms. The van der Waals surface area contributed by atoms with E-state index in [-0.39, 0.29) is 24.1 Å². The Labute approximate surface area is 121 Å². The van der Waals surface area contributed by atoms with Crippen molar-refractivity contribution in [2.45, 2.75) is 31.2 Å². The predicted molar refractivity (Wildman–Crippen MR) is 77.0 cm³/mol. The zero-order valence-electron chi connectivity index (χ0n) is 11.8. The van der Waals surface area contributed by atoms with Gasteiger partial charge in [-0.3, -0.25) is 13.8 Å². The van der Waals surface area contributed by atoms with Crippen LogP contribution in [-0.4, -0.2) is 44.9 Å². The van der Waals surface area contributed by atoms with Gasteiger partial charge in [-0.15, -0.1) is 0 Å². The van der Waals surface area contributed by atoms with Gasteiger partial charge in [-0.1, -0.05) is 12.1 Å². The van der Waals surface area contributed by atoms with E-state index < -0.39 is 16.8 Å². The molecule has 0 saturated carbocycles. The number of hydrogen-bond donors (Lipinski definition) is 1. The van der Waals surface area contributed by atoms with Crippen LogP contribution in [0.25, 0.3) is 0 Å². The maximum atomic E-state index is 12.1. The molecule has 0 saturated heterocycles. The first kappa shape index (κ1) is 16.4. The Bertz CT molecular complexity index is 510. The number of carboxylic acid groups (broad SMARTS) is 1. The lowest BCUT2D eigenvalue weighted by Gasteiger charge is -2.21. The van der Waals surface area contributed by atoms with E-state index in [1.807, 2.05) is 13.8 Å². The second-order valence-electron chi connectivity index (χ2n) is 4.80. The molecule has 1 N–H and O–H groups in total. The van der Waals surface area contributed by atoms with Crippen LogP contribution in [0.1, 0.15) is 19.4 Å². The number of rotatable bonds is 6. The van der Waals surface area contributed by atoms with Gasteiger partial charge in [0.2, 0.25) is 5.91 Å².